The Morgan fingerprint density at radius 1 is 0.321 bits per heavy atom. The lowest BCUT2D eigenvalue weighted by atomic mass is 10.1. The number of benzene rings is 3. The largest absolute Gasteiger partial charge is 0.247 e. The fraction of sp³-hybridized carbons (Fsp3) is 0.559. The van der Waals surface area contributed by atoms with Crippen molar-refractivity contribution in [2.75, 3.05) is 0 Å². The van der Waals surface area contributed by atoms with Crippen molar-refractivity contribution in [1.82, 2.24) is 30.0 Å². The Hall–Kier alpha value is -4.95. The number of aromatic nitrogens is 6. The number of hydrogen-bond donors (Lipinski definition) is 0. The van der Waals surface area contributed by atoms with Crippen molar-refractivity contribution < 1.29 is 0 Å². The van der Waals surface area contributed by atoms with Crippen molar-refractivity contribution in [3.8, 4) is 68.4 Å². The first-order chi connectivity index (χ1) is 36.5. The predicted octanol–water partition coefficient (Wildman–Crippen LogP) is 18.6. The molecule has 2 heterocycles. The van der Waals surface area contributed by atoms with Crippen LogP contribution in [0.5, 0.6) is 0 Å². The molecule has 0 aliphatic rings. The molecule has 0 saturated heterocycles. The van der Waals surface area contributed by atoms with E-state index < -0.39 is 32.3 Å². The van der Waals surface area contributed by atoms with Crippen molar-refractivity contribution in [3.05, 3.63) is 106 Å². The minimum atomic E-state index is -1.96. The summed E-state index contributed by atoms with van der Waals surface area (Å²) >= 11 is 0. The molecule has 0 aliphatic heterocycles. The van der Waals surface area contributed by atoms with E-state index in [2.05, 4.69) is 293 Å². The summed E-state index contributed by atoms with van der Waals surface area (Å²) in [6, 6.07) is 21.9. The van der Waals surface area contributed by atoms with Gasteiger partial charge in [0.1, 0.15) is 43.7 Å². The molecular weight excluding hydrogens is 1010 g/mol. The van der Waals surface area contributed by atoms with Gasteiger partial charge < -0.3 is 0 Å². The van der Waals surface area contributed by atoms with Crippen molar-refractivity contribution in [1.29, 1.82) is 0 Å². The Balaban J connectivity index is 1.47. The van der Waals surface area contributed by atoms with Crippen LogP contribution in [0.2, 0.25) is 66.5 Å². The fourth-order valence-electron chi connectivity index (χ4n) is 14.5. The van der Waals surface area contributed by atoms with Gasteiger partial charge in [-0.15, -0.1) is 32.4 Å². The summed E-state index contributed by atoms with van der Waals surface area (Å²) in [6.45, 7) is 58.2. The lowest BCUT2D eigenvalue weighted by Gasteiger charge is -2.38. The van der Waals surface area contributed by atoms with Crippen LogP contribution in [0.3, 0.4) is 0 Å². The molecule has 0 N–H and O–H groups in total. The van der Waals surface area contributed by atoms with Crippen molar-refractivity contribution in [2.24, 2.45) is 0 Å². The van der Waals surface area contributed by atoms with E-state index in [0.717, 1.165) is 55.9 Å². The smallest absolute Gasteiger partial charge is 0.146 e. The summed E-state index contributed by atoms with van der Waals surface area (Å²) in [5.74, 6) is 15.0. The van der Waals surface area contributed by atoms with Crippen LogP contribution in [0.15, 0.2) is 73.1 Å². The van der Waals surface area contributed by atoms with Crippen molar-refractivity contribution in [3.63, 3.8) is 0 Å². The lowest BCUT2D eigenvalue weighted by Crippen LogP contribution is -2.43. The standard InChI is InChI=1S/C68H100N6Si4/c1-47(2)75(48(3)4,49(5)6)33-29-59-37-60(30-34-76(50(7)8,51(9)10)52(11)12)40-63(39-59)43-73-45-67(69-71-73)65-25-27-66(28-26-65)68-46-74(72-70-68)44-64-41-61(31-35-77(53(13)14,54(15)16)55(17)18)38-62(42-64)32-36-78(56(19)20,57(21)22)58(23)24/h25-28,37-42,45-58H,43-44H2,1-24H3. The maximum atomic E-state index is 4.67. The van der Waals surface area contributed by atoms with Gasteiger partial charge in [0.25, 0.3) is 0 Å². The summed E-state index contributed by atoms with van der Waals surface area (Å²) in [6.07, 6.45) is 4.09. The monoisotopic (exact) mass is 1110 g/mol. The molecule has 0 unspecified atom stereocenters. The van der Waals surface area contributed by atoms with Gasteiger partial charge in [-0.1, -0.05) is 225 Å². The van der Waals surface area contributed by atoms with E-state index in [1.54, 1.807) is 0 Å². The highest BCUT2D eigenvalue weighted by molar-refractivity contribution is 6.92. The van der Waals surface area contributed by atoms with Crippen LogP contribution in [0.1, 0.15) is 200 Å². The van der Waals surface area contributed by atoms with Gasteiger partial charge in [-0.3, -0.25) is 0 Å². The fourth-order valence-corrected chi connectivity index (χ4v) is 35.4. The molecule has 418 valence electrons. The molecule has 2 aromatic heterocycles. The summed E-state index contributed by atoms with van der Waals surface area (Å²) in [5.41, 5.74) is 32.6. The van der Waals surface area contributed by atoms with Gasteiger partial charge in [0.05, 0.1) is 25.5 Å². The van der Waals surface area contributed by atoms with Gasteiger partial charge >= 0.3 is 0 Å². The molecule has 0 amide bonds. The van der Waals surface area contributed by atoms with Crippen LogP contribution in [-0.2, 0) is 13.1 Å². The summed E-state index contributed by atoms with van der Waals surface area (Å²) in [5, 5.41) is 18.7. The van der Waals surface area contributed by atoms with Gasteiger partial charge in [-0.25, -0.2) is 9.36 Å². The van der Waals surface area contributed by atoms with Crippen LogP contribution >= 0.6 is 0 Å². The Labute approximate surface area is 480 Å². The Bertz CT molecular complexity index is 2630. The molecule has 0 bridgehead atoms. The van der Waals surface area contributed by atoms with E-state index >= 15 is 0 Å². The zero-order valence-corrected chi connectivity index (χ0v) is 57.0. The number of hydrogen-bond acceptors (Lipinski definition) is 4. The zero-order chi connectivity index (χ0) is 58.2. The second-order valence-corrected chi connectivity index (χ2v) is 48.9. The molecule has 0 fully saturated rings. The highest BCUT2D eigenvalue weighted by Crippen LogP contribution is 2.44. The first kappa shape index (κ1) is 63.9. The van der Waals surface area contributed by atoms with Gasteiger partial charge in [0.2, 0.25) is 0 Å². The van der Waals surface area contributed by atoms with E-state index in [0.29, 0.717) is 79.6 Å². The molecular formula is C68H100N6Si4. The Kier molecular flexibility index (Phi) is 21.7. The third kappa shape index (κ3) is 13.8. The Morgan fingerprint density at radius 2 is 0.526 bits per heavy atom. The van der Waals surface area contributed by atoms with E-state index in [9.17, 15) is 0 Å². The molecule has 0 atom stereocenters. The van der Waals surface area contributed by atoms with Gasteiger partial charge in [-0.2, -0.15) is 0 Å². The molecule has 5 aromatic rings. The molecule has 0 radical (unpaired) electrons. The third-order valence-electron chi connectivity index (χ3n) is 18.4. The second-order valence-electron chi connectivity index (χ2n) is 26.6. The second kappa shape index (κ2) is 26.5. The average molecular weight is 1110 g/mol. The quantitative estimate of drug-likeness (QED) is 0.0648. The minimum Gasteiger partial charge on any atom is -0.247 e. The van der Waals surface area contributed by atoms with Gasteiger partial charge in [-0.05, 0) is 114 Å². The molecule has 10 heteroatoms. The molecule has 5 rings (SSSR count). The van der Waals surface area contributed by atoms with E-state index in [1.807, 2.05) is 21.8 Å². The first-order valence-electron chi connectivity index (χ1n) is 29.8. The summed E-state index contributed by atoms with van der Waals surface area (Å²) in [4.78, 5) is 0. The topological polar surface area (TPSA) is 61.4 Å². The van der Waals surface area contributed by atoms with Crippen LogP contribution in [0, 0.1) is 45.9 Å². The molecule has 0 aliphatic carbocycles. The SMILES string of the molecule is CC(C)[Si](C#Cc1cc(C#C[Si](C(C)C)(C(C)C)C(C)C)cc(Cn2cc(-c3ccc(-c4cn(Cc5cc(C#C[Si](C(C)C)(C(C)C)C(C)C)cc(C#C[Si](C(C)C)(C(C)C)C(C)C)c5)nn4)cc3)nn2)c1)(C(C)C)C(C)C. The molecule has 3 aromatic carbocycles. The highest BCUT2D eigenvalue weighted by Gasteiger charge is 2.44. The van der Waals surface area contributed by atoms with Crippen LogP contribution in [-0.4, -0.2) is 62.3 Å². The van der Waals surface area contributed by atoms with Crippen molar-refractivity contribution in [2.45, 2.75) is 246 Å². The van der Waals surface area contributed by atoms with Gasteiger partial charge in [0.15, 0.2) is 0 Å². The molecule has 6 nitrogen and oxygen atoms in total. The van der Waals surface area contributed by atoms with E-state index in [-0.39, 0.29) is 0 Å². The highest BCUT2D eigenvalue weighted by atomic mass is 28.3. The first-order valence-corrected chi connectivity index (χ1v) is 38.7. The molecule has 78 heavy (non-hydrogen) atoms. The van der Waals surface area contributed by atoms with Crippen molar-refractivity contribution >= 4 is 32.3 Å². The maximum Gasteiger partial charge on any atom is 0.146 e. The van der Waals surface area contributed by atoms with E-state index in [1.165, 1.54) is 0 Å². The third-order valence-corrected chi connectivity index (χ3v) is 43.5. The predicted molar refractivity (Wildman–Crippen MR) is 347 cm³/mol. The van der Waals surface area contributed by atoms with Gasteiger partial charge in [0, 0.05) is 33.4 Å². The number of rotatable bonds is 18. The molecule has 0 spiro atoms. The average Bonchev–Trinajstić information content (AvgIpc) is 4.02. The maximum absolute atomic E-state index is 4.67. The normalized spacial score (nSPS) is 12.7. The zero-order valence-electron chi connectivity index (χ0n) is 53.0. The minimum absolute atomic E-state index is 0.552. The lowest BCUT2D eigenvalue weighted by molar-refractivity contribution is 0.649. The molecule has 0 saturated carbocycles. The summed E-state index contributed by atoms with van der Waals surface area (Å²) in [7, 11) is -7.82. The van der Waals surface area contributed by atoms with E-state index in [4.69, 9.17) is 0 Å². The number of nitrogens with zero attached hydrogens (tertiary/aromatic N) is 6. The Morgan fingerprint density at radius 3 is 0.718 bits per heavy atom. The van der Waals surface area contributed by atoms with Crippen LogP contribution in [0.25, 0.3) is 22.5 Å². The summed E-state index contributed by atoms with van der Waals surface area (Å²) < 4.78 is 3.88. The van der Waals surface area contributed by atoms with Crippen LogP contribution in [0.4, 0.5) is 0 Å². The van der Waals surface area contributed by atoms with Crippen LogP contribution < -0.4 is 0 Å².